The van der Waals surface area contributed by atoms with Gasteiger partial charge in [-0.1, -0.05) is 32.9 Å². The minimum absolute atomic E-state index is 0.0198. The maximum Gasteiger partial charge on any atom is 0.408 e. The second-order valence-corrected chi connectivity index (χ2v) is 20.6. The number of sulfonamides is 1. The Labute approximate surface area is 361 Å². The van der Waals surface area contributed by atoms with E-state index in [-0.39, 0.29) is 37.3 Å². The molecule has 1 unspecified atom stereocenters. The lowest BCUT2D eigenvalue weighted by Crippen LogP contribution is -2.60. The number of thiazole rings is 1. The fraction of sp³-hybridized carbons (Fsp3) is 0.581. The summed E-state index contributed by atoms with van der Waals surface area (Å²) < 4.78 is 45.9. The summed E-state index contributed by atoms with van der Waals surface area (Å²) in [7, 11) is -2.38. The molecule has 7 rings (SSSR count). The van der Waals surface area contributed by atoms with Crippen LogP contribution in [0.15, 0.2) is 41.8 Å². The van der Waals surface area contributed by atoms with Crippen molar-refractivity contribution in [3.8, 4) is 22.9 Å². The van der Waals surface area contributed by atoms with Gasteiger partial charge in [-0.25, -0.2) is 23.2 Å². The van der Waals surface area contributed by atoms with Crippen molar-refractivity contribution >= 4 is 61.2 Å². The van der Waals surface area contributed by atoms with Crippen molar-refractivity contribution < 1.29 is 41.8 Å². The first-order valence-electron chi connectivity index (χ1n) is 21.1. The molecule has 1 aromatic carbocycles. The minimum Gasteiger partial charge on any atom is -0.497 e. The molecule has 330 valence electrons. The van der Waals surface area contributed by atoms with Gasteiger partial charge >= 0.3 is 6.09 Å². The second-order valence-electron chi connectivity index (χ2n) is 17.9. The fourth-order valence-corrected chi connectivity index (χ4v) is 10.3. The first-order chi connectivity index (χ1) is 28.9. The number of benzene rings is 1. The average molecular weight is 880 g/mol. The van der Waals surface area contributed by atoms with Gasteiger partial charge in [0.1, 0.15) is 47.0 Å². The Bertz CT molecular complexity index is 2290. The highest BCUT2D eigenvalue weighted by molar-refractivity contribution is 7.90. The highest BCUT2D eigenvalue weighted by Crippen LogP contribution is 2.46. The number of nitrogens with zero attached hydrogens (tertiary/aromatic N) is 3. The highest BCUT2D eigenvalue weighted by atomic mass is 32.2. The second kappa shape index (κ2) is 17.8. The van der Waals surface area contributed by atoms with Gasteiger partial charge in [0.25, 0.3) is 5.91 Å². The summed E-state index contributed by atoms with van der Waals surface area (Å²) in [5, 5.41) is 12.3. The minimum atomic E-state index is -3.95. The van der Waals surface area contributed by atoms with Crippen LogP contribution in [-0.4, -0.2) is 102 Å². The summed E-state index contributed by atoms with van der Waals surface area (Å²) in [6, 6.07) is 5.12. The number of anilines is 1. The van der Waals surface area contributed by atoms with Crippen LogP contribution in [0.4, 0.5) is 9.93 Å². The molecule has 1 saturated heterocycles. The Kier molecular flexibility index (Phi) is 12.9. The SMILES string of the molecule is COc1ccc2c(O[C@@H]3C[C@@H](C(=O)NC45C[C@H]4/C=C\CCCCS(=O)(=O)NC5=O)N(C(=O)[C@@H](NC(=O)OC4CCCC4)C(C)(C)C)C3)cc(-c3csc(NC(C)C)n3)nc2c1. The first kappa shape index (κ1) is 44.1. The van der Waals surface area contributed by atoms with Crippen molar-refractivity contribution in [1.82, 2.24) is 30.2 Å². The summed E-state index contributed by atoms with van der Waals surface area (Å²) in [6.45, 7) is 9.46. The molecule has 4 aliphatic rings. The molecule has 0 spiro atoms. The van der Waals surface area contributed by atoms with Crippen LogP contribution in [0.5, 0.6) is 11.5 Å². The molecule has 4 N–H and O–H groups in total. The zero-order chi connectivity index (χ0) is 43.7. The molecule has 61 heavy (non-hydrogen) atoms. The number of hydrogen-bond donors (Lipinski definition) is 4. The number of hydrogen-bond acceptors (Lipinski definition) is 13. The van der Waals surface area contributed by atoms with E-state index in [9.17, 15) is 27.6 Å². The molecule has 2 saturated carbocycles. The van der Waals surface area contributed by atoms with E-state index in [1.54, 1.807) is 25.3 Å². The van der Waals surface area contributed by atoms with Gasteiger partial charge in [-0.3, -0.25) is 19.1 Å². The number of nitrogens with one attached hydrogen (secondary N) is 4. The van der Waals surface area contributed by atoms with Crippen LogP contribution in [0, 0.1) is 11.3 Å². The number of methoxy groups -OCH3 is 1. The number of carbonyl (C=O) groups excluding carboxylic acids is 4. The number of ether oxygens (including phenoxy) is 3. The van der Waals surface area contributed by atoms with Crippen LogP contribution in [0.2, 0.25) is 0 Å². The molecular weight excluding hydrogens is 823 g/mol. The van der Waals surface area contributed by atoms with Gasteiger partial charge in [-0.2, -0.15) is 0 Å². The molecule has 4 heterocycles. The van der Waals surface area contributed by atoms with E-state index in [1.807, 2.05) is 58.2 Å². The predicted octanol–water partition coefficient (Wildman–Crippen LogP) is 5.68. The van der Waals surface area contributed by atoms with Gasteiger partial charge in [0.15, 0.2) is 5.13 Å². The largest absolute Gasteiger partial charge is 0.497 e. The molecule has 5 atom stereocenters. The van der Waals surface area contributed by atoms with E-state index < -0.39 is 68.9 Å². The fourth-order valence-electron chi connectivity index (χ4n) is 8.30. The quantitative estimate of drug-likeness (QED) is 0.172. The third-order valence-corrected chi connectivity index (χ3v) is 13.8. The molecule has 4 amide bonds. The smallest absolute Gasteiger partial charge is 0.408 e. The Balaban J connectivity index is 1.22. The van der Waals surface area contributed by atoms with Crippen molar-refractivity contribution in [2.75, 3.05) is 24.7 Å². The number of pyridine rings is 1. The van der Waals surface area contributed by atoms with Gasteiger partial charge in [0.2, 0.25) is 21.8 Å². The lowest BCUT2D eigenvalue weighted by atomic mass is 9.85. The van der Waals surface area contributed by atoms with E-state index in [1.165, 1.54) is 16.2 Å². The predicted molar refractivity (Wildman–Crippen MR) is 232 cm³/mol. The van der Waals surface area contributed by atoms with Gasteiger partial charge < -0.3 is 35.1 Å². The van der Waals surface area contributed by atoms with Crippen LogP contribution in [0.3, 0.4) is 0 Å². The first-order valence-corrected chi connectivity index (χ1v) is 23.7. The standard InChI is InChI=1S/C43H57N7O9S2/c1-25(2)44-40-46-33(24-60-40)32-21-35(30-17-16-28(57-6)19-31(30)45-32)58-29-20-34(37(51)48-43-22-26(43)13-9-7-8-12-18-61(55,56)49-39(43)53)50(23-29)38(52)36(42(3,4)5)47-41(54)59-27-14-10-11-15-27/h9,13,16-17,19,21,24-27,29,34,36H,7-8,10-12,14-15,18,20,22-23H2,1-6H3,(H,44,46)(H,47,54)(H,48,51)(H,49,53)/b13-9-/t26-,29-,34+,36-,43?/m1/s1. The van der Waals surface area contributed by atoms with Gasteiger partial charge in [0, 0.05) is 41.3 Å². The summed E-state index contributed by atoms with van der Waals surface area (Å²) in [5.74, 6) is -1.62. The maximum absolute atomic E-state index is 14.8. The Hall–Kier alpha value is -4.97. The molecule has 2 aliphatic carbocycles. The van der Waals surface area contributed by atoms with Crippen LogP contribution in [0.25, 0.3) is 22.3 Å². The molecule has 0 radical (unpaired) electrons. The van der Waals surface area contributed by atoms with E-state index in [2.05, 4.69) is 20.7 Å². The number of carbonyl (C=O) groups is 4. The molecule has 2 aromatic heterocycles. The third-order valence-electron chi connectivity index (χ3n) is 11.7. The van der Waals surface area contributed by atoms with Crippen LogP contribution < -0.4 is 30.1 Å². The van der Waals surface area contributed by atoms with Crippen LogP contribution >= 0.6 is 11.3 Å². The van der Waals surface area contributed by atoms with Crippen LogP contribution in [0.1, 0.15) is 92.4 Å². The van der Waals surface area contributed by atoms with Gasteiger partial charge in [-0.05, 0) is 82.8 Å². The maximum atomic E-state index is 14.8. The number of aromatic nitrogens is 2. The zero-order valence-corrected chi connectivity index (χ0v) is 37.2. The molecule has 2 aliphatic heterocycles. The number of likely N-dealkylation sites (tertiary alicyclic amines) is 1. The average Bonchev–Trinajstić information content (AvgIpc) is 3.62. The number of amides is 4. The van der Waals surface area contributed by atoms with Crippen molar-refractivity contribution in [2.45, 2.75) is 128 Å². The molecule has 3 fully saturated rings. The zero-order valence-electron chi connectivity index (χ0n) is 35.6. The molecule has 18 heteroatoms. The van der Waals surface area contributed by atoms with E-state index in [0.29, 0.717) is 53.1 Å². The number of fused-ring (bicyclic) bond motifs is 2. The van der Waals surface area contributed by atoms with E-state index in [4.69, 9.17) is 24.2 Å². The lowest BCUT2D eigenvalue weighted by Gasteiger charge is -2.35. The van der Waals surface area contributed by atoms with Gasteiger partial charge in [0.05, 0.1) is 30.6 Å². The number of alkyl carbamates (subject to hydrolysis) is 1. The van der Waals surface area contributed by atoms with Crippen molar-refractivity contribution in [2.24, 2.45) is 11.3 Å². The lowest BCUT2D eigenvalue weighted by molar-refractivity contribution is -0.143. The Morgan fingerprint density at radius 3 is 2.52 bits per heavy atom. The molecule has 0 bridgehead atoms. The van der Waals surface area contributed by atoms with E-state index in [0.717, 1.165) is 30.8 Å². The Morgan fingerprint density at radius 1 is 1.03 bits per heavy atom. The number of rotatable bonds is 11. The number of allylic oxidation sites excluding steroid dienone is 1. The van der Waals surface area contributed by atoms with Crippen molar-refractivity contribution in [1.29, 1.82) is 0 Å². The molecule has 3 aromatic rings. The Morgan fingerprint density at radius 2 is 1.80 bits per heavy atom. The summed E-state index contributed by atoms with van der Waals surface area (Å²) in [4.78, 5) is 67.6. The van der Waals surface area contributed by atoms with Gasteiger partial charge in [-0.15, -0.1) is 11.3 Å². The summed E-state index contributed by atoms with van der Waals surface area (Å²) >= 11 is 1.45. The van der Waals surface area contributed by atoms with Crippen LogP contribution in [-0.2, 0) is 29.1 Å². The monoisotopic (exact) mass is 879 g/mol. The summed E-state index contributed by atoms with van der Waals surface area (Å²) in [6.07, 6.45) is 7.34. The molecule has 16 nitrogen and oxygen atoms in total. The third kappa shape index (κ3) is 10.2. The normalized spacial score (nSPS) is 25.1. The molecular formula is C43H57N7O9S2. The van der Waals surface area contributed by atoms with Crippen molar-refractivity contribution in [3.05, 3.63) is 41.8 Å². The van der Waals surface area contributed by atoms with Crippen molar-refractivity contribution in [3.63, 3.8) is 0 Å². The van der Waals surface area contributed by atoms with E-state index >= 15 is 0 Å². The highest BCUT2D eigenvalue weighted by Gasteiger charge is 2.61. The topological polar surface area (TPSA) is 207 Å². The summed E-state index contributed by atoms with van der Waals surface area (Å²) in [5.41, 5.74) is -0.595.